The number of rotatable bonds is 8. The van der Waals surface area contributed by atoms with Gasteiger partial charge in [-0.1, -0.05) is 6.07 Å². The summed E-state index contributed by atoms with van der Waals surface area (Å²) in [5, 5.41) is 0. The van der Waals surface area contributed by atoms with Crippen LogP contribution in [0.3, 0.4) is 0 Å². The van der Waals surface area contributed by atoms with E-state index in [9.17, 15) is 8.42 Å². The zero-order valence-electron chi connectivity index (χ0n) is 21.1. The van der Waals surface area contributed by atoms with Crippen molar-refractivity contribution in [2.24, 2.45) is 5.92 Å². The maximum Gasteiger partial charge on any atom is 0.225 e. The molecular formula is C26H37N5O4S. The van der Waals surface area contributed by atoms with Crippen LogP contribution in [-0.2, 0) is 27.7 Å². The fourth-order valence-electron chi connectivity index (χ4n) is 5.32. The van der Waals surface area contributed by atoms with E-state index in [1.54, 1.807) is 0 Å². The number of anilines is 2. The van der Waals surface area contributed by atoms with Crippen molar-refractivity contribution in [3.63, 3.8) is 0 Å². The molecule has 1 aromatic heterocycles. The number of morpholine rings is 1. The van der Waals surface area contributed by atoms with Crippen molar-refractivity contribution < 1.29 is 17.9 Å². The summed E-state index contributed by atoms with van der Waals surface area (Å²) in [7, 11) is -3.15. The molecule has 0 unspecified atom stereocenters. The Labute approximate surface area is 214 Å². The van der Waals surface area contributed by atoms with Gasteiger partial charge in [0.1, 0.15) is 5.75 Å². The molecular weight excluding hydrogens is 478 g/mol. The SMILES string of the molecule is CS(=O)(=O)N1CCc2cc(OCCCC3CCN(c4cnc(N5CCOCC5)nc4)CC3)ccc2C1. The first-order valence-electron chi connectivity index (χ1n) is 13.0. The summed E-state index contributed by atoms with van der Waals surface area (Å²) < 4.78 is 36.6. The maximum atomic E-state index is 11.8. The van der Waals surface area contributed by atoms with Crippen LogP contribution in [-0.4, -0.2) is 81.5 Å². The lowest BCUT2D eigenvalue weighted by atomic mass is 9.92. The van der Waals surface area contributed by atoms with Gasteiger partial charge in [0.15, 0.2) is 0 Å². The predicted molar refractivity (Wildman–Crippen MR) is 140 cm³/mol. The van der Waals surface area contributed by atoms with E-state index < -0.39 is 10.0 Å². The molecule has 10 heteroatoms. The number of hydrogen-bond donors (Lipinski definition) is 0. The van der Waals surface area contributed by atoms with E-state index in [4.69, 9.17) is 9.47 Å². The number of fused-ring (bicyclic) bond motifs is 1. The second-order valence-corrected chi connectivity index (χ2v) is 12.0. The Morgan fingerprint density at radius 1 is 1.00 bits per heavy atom. The van der Waals surface area contributed by atoms with Crippen molar-refractivity contribution in [2.45, 2.75) is 38.6 Å². The highest BCUT2D eigenvalue weighted by atomic mass is 32.2. The van der Waals surface area contributed by atoms with Crippen LogP contribution < -0.4 is 14.5 Å². The molecule has 0 N–H and O–H groups in total. The summed E-state index contributed by atoms with van der Waals surface area (Å²) >= 11 is 0. The Hall–Kier alpha value is -2.43. The van der Waals surface area contributed by atoms with Gasteiger partial charge in [-0.25, -0.2) is 18.4 Å². The fraction of sp³-hybridized carbons (Fsp3) is 0.615. The minimum atomic E-state index is -3.15. The van der Waals surface area contributed by atoms with E-state index >= 15 is 0 Å². The van der Waals surface area contributed by atoms with Crippen molar-refractivity contribution in [3.05, 3.63) is 41.7 Å². The van der Waals surface area contributed by atoms with Gasteiger partial charge in [-0.05, 0) is 61.3 Å². The topological polar surface area (TPSA) is 88.1 Å². The van der Waals surface area contributed by atoms with E-state index in [0.29, 0.717) is 19.7 Å². The van der Waals surface area contributed by atoms with Gasteiger partial charge < -0.3 is 19.3 Å². The lowest BCUT2D eigenvalue weighted by molar-refractivity contribution is 0.122. The molecule has 3 aliphatic rings. The first-order valence-corrected chi connectivity index (χ1v) is 14.9. The van der Waals surface area contributed by atoms with Crippen LogP contribution in [0, 0.1) is 5.92 Å². The lowest BCUT2D eigenvalue weighted by Crippen LogP contribution is -2.37. The molecule has 9 nitrogen and oxygen atoms in total. The van der Waals surface area contributed by atoms with E-state index in [-0.39, 0.29) is 0 Å². The quantitative estimate of drug-likeness (QED) is 0.496. The smallest absolute Gasteiger partial charge is 0.225 e. The first kappa shape index (κ1) is 25.2. The number of sulfonamides is 1. The summed E-state index contributed by atoms with van der Waals surface area (Å²) in [6.45, 7) is 6.98. The second-order valence-electron chi connectivity index (χ2n) is 10.0. The van der Waals surface area contributed by atoms with E-state index in [1.807, 2.05) is 24.5 Å². The molecule has 0 spiro atoms. The number of piperidine rings is 1. The third-order valence-corrected chi connectivity index (χ3v) is 8.80. The highest BCUT2D eigenvalue weighted by Crippen LogP contribution is 2.27. The Balaban J connectivity index is 1.02. The molecule has 0 atom stereocenters. The molecule has 36 heavy (non-hydrogen) atoms. The van der Waals surface area contributed by atoms with E-state index in [2.05, 4.69) is 25.8 Å². The second kappa shape index (κ2) is 11.3. The van der Waals surface area contributed by atoms with Gasteiger partial charge in [-0.2, -0.15) is 4.31 Å². The predicted octanol–water partition coefficient (Wildman–Crippen LogP) is 2.71. The van der Waals surface area contributed by atoms with Crippen molar-refractivity contribution >= 4 is 21.7 Å². The monoisotopic (exact) mass is 515 g/mol. The van der Waals surface area contributed by atoms with Gasteiger partial charge in [0.2, 0.25) is 16.0 Å². The molecule has 0 aliphatic carbocycles. The minimum absolute atomic E-state index is 0.456. The first-order chi connectivity index (χ1) is 17.5. The van der Waals surface area contributed by atoms with Crippen LogP contribution in [0.5, 0.6) is 5.75 Å². The largest absolute Gasteiger partial charge is 0.494 e. The van der Waals surface area contributed by atoms with Gasteiger partial charge in [0.05, 0.1) is 44.2 Å². The minimum Gasteiger partial charge on any atom is -0.494 e. The Kier molecular flexibility index (Phi) is 7.93. The lowest BCUT2D eigenvalue weighted by Gasteiger charge is -2.33. The molecule has 2 saturated heterocycles. The number of hydrogen-bond acceptors (Lipinski definition) is 8. The van der Waals surface area contributed by atoms with Gasteiger partial charge in [-0.3, -0.25) is 0 Å². The van der Waals surface area contributed by atoms with Gasteiger partial charge in [0, 0.05) is 39.3 Å². The van der Waals surface area contributed by atoms with Crippen molar-refractivity contribution in [1.29, 1.82) is 0 Å². The molecule has 4 heterocycles. The highest BCUT2D eigenvalue weighted by Gasteiger charge is 2.24. The summed E-state index contributed by atoms with van der Waals surface area (Å²) in [4.78, 5) is 13.8. The number of benzene rings is 1. The maximum absolute atomic E-state index is 11.8. The average molecular weight is 516 g/mol. The Morgan fingerprint density at radius 2 is 1.75 bits per heavy atom. The van der Waals surface area contributed by atoms with Crippen molar-refractivity contribution in [1.82, 2.24) is 14.3 Å². The van der Waals surface area contributed by atoms with Crippen LogP contribution in [0.4, 0.5) is 11.6 Å². The summed E-state index contributed by atoms with van der Waals surface area (Å²) in [5.41, 5.74) is 3.38. The molecule has 0 saturated carbocycles. The molecule has 0 bridgehead atoms. The molecule has 0 amide bonds. The summed E-state index contributed by atoms with van der Waals surface area (Å²) in [6.07, 6.45) is 10.5. The zero-order chi connectivity index (χ0) is 25.0. The van der Waals surface area contributed by atoms with Crippen LogP contribution in [0.1, 0.15) is 36.8 Å². The van der Waals surface area contributed by atoms with E-state index in [0.717, 1.165) is 81.1 Å². The third kappa shape index (κ3) is 6.27. The van der Waals surface area contributed by atoms with Gasteiger partial charge >= 0.3 is 0 Å². The van der Waals surface area contributed by atoms with Gasteiger partial charge in [-0.15, -0.1) is 0 Å². The summed E-state index contributed by atoms with van der Waals surface area (Å²) in [5.74, 6) is 2.41. The standard InChI is InChI=1S/C26H37N5O4S/c1-36(32,33)31-11-8-22-17-25(5-4-23(22)20-31)35-14-2-3-21-6-9-29(10-7-21)24-18-27-26(28-19-24)30-12-15-34-16-13-30/h4-5,17-19,21H,2-3,6-16,20H2,1H3. The van der Waals surface area contributed by atoms with Crippen LogP contribution in [0.2, 0.25) is 0 Å². The molecule has 1 aromatic carbocycles. The third-order valence-electron chi connectivity index (χ3n) is 7.55. The zero-order valence-corrected chi connectivity index (χ0v) is 22.0. The van der Waals surface area contributed by atoms with Crippen LogP contribution in [0.15, 0.2) is 30.6 Å². The Morgan fingerprint density at radius 3 is 2.47 bits per heavy atom. The number of aromatic nitrogens is 2. The Bertz CT molecular complexity index is 1110. The van der Waals surface area contributed by atoms with Crippen LogP contribution >= 0.6 is 0 Å². The fourth-order valence-corrected chi connectivity index (χ4v) is 6.12. The molecule has 5 rings (SSSR count). The molecule has 3 aliphatic heterocycles. The normalized spacial score (nSPS) is 19.8. The number of nitrogens with zero attached hydrogens (tertiary/aromatic N) is 5. The van der Waals surface area contributed by atoms with E-state index in [1.165, 1.54) is 35.4 Å². The molecule has 2 aromatic rings. The van der Waals surface area contributed by atoms with Crippen molar-refractivity contribution in [2.75, 3.05) is 68.6 Å². The average Bonchev–Trinajstić information content (AvgIpc) is 2.91. The molecule has 2 fully saturated rings. The molecule has 196 valence electrons. The summed E-state index contributed by atoms with van der Waals surface area (Å²) in [6, 6.07) is 6.06. The molecule has 0 radical (unpaired) electrons. The highest BCUT2D eigenvalue weighted by molar-refractivity contribution is 7.88. The van der Waals surface area contributed by atoms with Crippen molar-refractivity contribution in [3.8, 4) is 5.75 Å². The van der Waals surface area contributed by atoms with Crippen LogP contribution in [0.25, 0.3) is 0 Å². The van der Waals surface area contributed by atoms with Gasteiger partial charge in [0.25, 0.3) is 0 Å². The number of ether oxygens (including phenoxy) is 2.